The van der Waals surface area contributed by atoms with Crippen LogP contribution >= 0.6 is 0 Å². The van der Waals surface area contributed by atoms with Gasteiger partial charge in [0.25, 0.3) is 5.91 Å². The summed E-state index contributed by atoms with van der Waals surface area (Å²) in [7, 11) is 1.55. The van der Waals surface area contributed by atoms with Gasteiger partial charge in [0.15, 0.2) is 0 Å². The third kappa shape index (κ3) is 2.61. The van der Waals surface area contributed by atoms with Crippen LogP contribution < -0.4 is 4.74 Å². The van der Waals surface area contributed by atoms with Gasteiger partial charge >= 0.3 is 0 Å². The highest BCUT2D eigenvalue weighted by atomic mass is 16.5. The standard InChI is InChI=1S/C13H18N2O3/c1-9-8-18-10(2)7-15(9)13(16)11-4-5-12(17-3)14-6-11/h4-6,9-10H,7-8H2,1-3H3/t9-,10+/m0/s1. The van der Waals surface area contributed by atoms with Crippen LogP contribution in [0.2, 0.25) is 0 Å². The molecule has 5 nitrogen and oxygen atoms in total. The highest BCUT2D eigenvalue weighted by Gasteiger charge is 2.28. The molecule has 1 aliphatic rings. The molecule has 0 spiro atoms. The molecule has 2 rings (SSSR count). The van der Waals surface area contributed by atoms with Crippen molar-refractivity contribution < 1.29 is 14.3 Å². The number of hydrogen-bond acceptors (Lipinski definition) is 4. The minimum absolute atomic E-state index is 0.00666. The maximum atomic E-state index is 12.3. The monoisotopic (exact) mass is 250 g/mol. The van der Waals surface area contributed by atoms with E-state index in [1.807, 2.05) is 18.7 Å². The predicted molar refractivity (Wildman–Crippen MR) is 66.7 cm³/mol. The van der Waals surface area contributed by atoms with Crippen molar-refractivity contribution in [2.45, 2.75) is 26.0 Å². The zero-order valence-electron chi connectivity index (χ0n) is 10.9. The summed E-state index contributed by atoms with van der Waals surface area (Å²) in [6, 6.07) is 3.53. The molecule has 1 amide bonds. The number of carbonyl (C=O) groups excluding carboxylic acids is 1. The van der Waals surface area contributed by atoms with Crippen molar-refractivity contribution in [3.63, 3.8) is 0 Å². The normalized spacial score (nSPS) is 23.8. The van der Waals surface area contributed by atoms with E-state index in [-0.39, 0.29) is 18.1 Å². The molecule has 18 heavy (non-hydrogen) atoms. The Hall–Kier alpha value is -1.62. The van der Waals surface area contributed by atoms with Gasteiger partial charge in [0.05, 0.1) is 31.4 Å². The summed E-state index contributed by atoms with van der Waals surface area (Å²) < 4.78 is 10.5. The van der Waals surface area contributed by atoms with E-state index in [4.69, 9.17) is 9.47 Å². The highest BCUT2D eigenvalue weighted by Crippen LogP contribution is 2.16. The van der Waals surface area contributed by atoms with Gasteiger partial charge in [-0.2, -0.15) is 0 Å². The lowest BCUT2D eigenvalue weighted by atomic mass is 10.1. The number of aromatic nitrogens is 1. The molecule has 98 valence electrons. The van der Waals surface area contributed by atoms with Crippen LogP contribution in [0.4, 0.5) is 0 Å². The van der Waals surface area contributed by atoms with E-state index in [9.17, 15) is 4.79 Å². The van der Waals surface area contributed by atoms with Gasteiger partial charge in [-0.1, -0.05) is 0 Å². The zero-order chi connectivity index (χ0) is 13.1. The first-order valence-electron chi connectivity index (χ1n) is 6.04. The second-order valence-electron chi connectivity index (χ2n) is 4.54. The van der Waals surface area contributed by atoms with Crippen molar-refractivity contribution >= 4 is 5.91 Å². The van der Waals surface area contributed by atoms with Gasteiger partial charge in [-0.3, -0.25) is 4.79 Å². The Morgan fingerprint density at radius 1 is 1.50 bits per heavy atom. The maximum absolute atomic E-state index is 12.3. The average Bonchev–Trinajstić information content (AvgIpc) is 2.41. The van der Waals surface area contributed by atoms with E-state index in [0.717, 1.165) is 0 Å². The fourth-order valence-electron chi connectivity index (χ4n) is 1.98. The molecule has 2 heterocycles. The first-order valence-corrected chi connectivity index (χ1v) is 6.04. The van der Waals surface area contributed by atoms with E-state index in [1.165, 1.54) is 0 Å². The van der Waals surface area contributed by atoms with Crippen LogP contribution in [0.25, 0.3) is 0 Å². The molecule has 1 saturated heterocycles. The van der Waals surface area contributed by atoms with Crippen molar-refractivity contribution in [1.82, 2.24) is 9.88 Å². The molecule has 1 aromatic rings. The van der Waals surface area contributed by atoms with Gasteiger partial charge in [0, 0.05) is 18.8 Å². The first kappa shape index (κ1) is 12.8. The third-order valence-corrected chi connectivity index (χ3v) is 3.06. The van der Waals surface area contributed by atoms with Crippen LogP contribution in [0.3, 0.4) is 0 Å². The zero-order valence-corrected chi connectivity index (χ0v) is 10.9. The van der Waals surface area contributed by atoms with Crippen LogP contribution in [0.1, 0.15) is 24.2 Å². The predicted octanol–water partition coefficient (Wildman–Crippen LogP) is 1.34. The Bertz CT molecular complexity index is 419. The Kier molecular flexibility index (Phi) is 3.81. The van der Waals surface area contributed by atoms with Gasteiger partial charge in [0.1, 0.15) is 0 Å². The van der Waals surface area contributed by atoms with Crippen molar-refractivity contribution in [3.8, 4) is 5.88 Å². The second kappa shape index (κ2) is 5.35. The van der Waals surface area contributed by atoms with E-state index >= 15 is 0 Å². The number of carbonyl (C=O) groups is 1. The summed E-state index contributed by atoms with van der Waals surface area (Å²) in [5.74, 6) is 0.503. The van der Waals surface area contributed by atoms with Gasteiger partial charge in [0.2, 0.25) is 5.88 Å². The molecule has 0 aliphatic carbocycles. The molecule has 1 aromatic heterocycles. The largest absolute Gasteiger partial charge is 0.481 e. The highest BCUT2D eigenvalue weighted by molar-refractivity contribution is 5.94. The molecule has 0 bridgehead atoms. The molecule has 0 saturated carbocycles. The Labute approximate surface area is 107 Å². The lowest BCUT2D eigenvalue weighted by Crippen LogP contribution is -2.50. The first-order chi connectivity index (χ1) is 8.61. The molecule has 0 radical (unpaired) electrons. The molecule has 2 atom stereocenters. The SMILES string of the molecule is COc1ccc(C(=O)N2C[C@@H](C)OC[C@@H]2C)cn1. The minimum Gasteiger partial charge on any atom is -0.481 e. The number of methoxy groups -OCH3 is 1. The topological polar surface area (TPSA) is 51.7 Å². The quantitative estimate of drug-likeness (QED) is 0.794. The smallest absolute Gasteiger partial charge is 0.255 e. The molecular formula is C13H18N2O3. The number of hydrogen-bond donors (Lipinski definition) is 0. The number of rotatable bonds is 2. The van der Waals surface area contributed by atoms with Crippen LogP contribution in [0, 0.1) is 0 Å². The van der Waals surface area contributed by atoms with Crippen LogP contribution in [-0.4, -0.2) is 48.2 Å². The second-order valence-corrected chi connectivity index (χ2v) is 4.54. The van der Waals surface area contributed by atoms with Gasteiger partial charge in [-0.05, 0) is 19.9 Å². The fraction of sp³-hybridized carbons (Fsp3) is 0.538. The summed E-state index contributed by atoms with van der Waals surface area (Å²) in [5, 5.41) is 0. The molecule has 0 N–H and O–H groups in total. The van der Waals surface area contributed by atoms with Crippen LogP contribution in [-0.2, 0) is 4.74 Å². The molecule has 5 heteroatoms. The summed E-state index contributed by atoms with van der Waals surface area (Å²) in [6.45, 7) is 5.15. The Morgan fingerprint density at radius 2 is 2.28 bits per heavy atom. The summed E-state index contributed by atoms with van der Waals surface area (Å²) in [6.07, 6.45) is 1.63. The summed E-state index contributed by atoms with van der Waals surface area (Å²) >= 11 is 0. The lowest BCUT2D eigenvalue weighted by molar-refractivity contribution is -0.0387. The fourth-order valence-corrected chi connectivity index (χ4v) is 1.98. The number of morpholine rings is 1. The van der Waals surface area contributed by atoms with E-state index in [2.05, 4.69) is 4.98 Å². The third-order valence-electron chi connectivity index (χ3n) is 3.06. The number of nitrogens with zero attached hydrogens (tertiary/aromatic N) is 2. The van der Waals surface area contributed by atoms with Crippen molar-refractivity contribution in [2.24, 2.45) is 0 Å². The van der Waals surface area contributed by atoms with E-state index < -0.39 is 0 Å². The maximum Gasteiger partial charge on any atom is 0.255 e. The molecule has 1 fully saturated rings. The molecular weight excluding hydrogens is 232 g/mol. The van der Waals surface area contributed by atoms with Gasteiger partial charge < -0.3 is 14.4 Å². The summed E-state index contributed by atoms with van der Waals surface area (Å²) in [4.78, 5) is 18.2. The number of ether oxygens (including phenoxy) is 2. The number of amides is 1. The molecule has 0 aromatic carbocycles. The summed E-state index contributed by atoms with van der Waals surface area (Å²) in [5.41, 5.74) is 0.580. The van der Waals surface area contributed by atoms with E-state index in [0.29, 0.717) is 24.6 Å². The lowest BCUT2D eigenvalue weighted by Gasteiger charge is -2.36. The van der Waals surface area contributed by atoms with Crippen molar-refractivity contribution in [2.75, 3.05) is 20.3 Å². The van der Waals surface area contributed by atoms with Crippen molar-refractivity contribution in [3.05, 3.63) is 23.9 Å². The van der Waals surface area contributed by atoms with Crippen LogP contribution in [0.5, 0.6) is 5.88 Å². The minimum atomic E-state index is -0.00666. The molecule has 1 aliphatic heterocycles. The van der Waals surface area contributed by atoms with Gasteiger partial charge in [-0.15, -0.1) is 0 Å². The average molecular weight is 250 g/mol. The van der Waals surface area contributed by atoms with E-state index in [1.54, 1.807) is 25.4 Å². The number of pyridine rings is 1. The van der Waals surface area contributed by atoms with Gasteiger partial charge in [-0.25, -0.2) is 4.98 Å². The van der Waals surface area contributed by atoms with Crippen molar-refractivity contribution in [1.29, 1.82) is 0 Å². The van der Waals surface area contributed by atoms with Crippen LogP contribution in [0.15, 0.2) is 18.3 Å². The Morgan fingerprint density at radius 3 is 2.89 bits per heavy atom. The molecule has 0 unspecified atom stereocenters. The Balaban J connectivity index is 2.13.